The van der Waals surface area contributed by atoms with Crippen LogP contribution in [0.2, 0.25) is 0 Å². The Morgan fingerprint density at radius 3 is 2.33 bits per heavy atom. The van der Waals surface area contributed by atoms with Crippen molar-refractivity contribution in [3.05, 3.63) is 0 Å². The molecule has 0 N–H and O–H groups in total. The van der Waals surface area contributed by atoms with Gasteiger partial charge in [0.15, 0.2) is 0 Å². The molecule has 0 aromatic carbocycles. The van der Waals surface area contributed by atoms with Gasteiger partial charge in [0.05, 0.1) is 0 Å². The van der Waals surface area contributed by atoms with Gasteiger partial charge in [-0.15, -0.1) is 0 Å². The number of hydrogen-bond donors (Lipinski definition) is 0. The molecule has 0 aromatic heterocycles. The van der Waals surface area contributed by atoms with Gasteiger partial charge in [-0.3, -0.25) is 0 Å². The highest BCUT2D eigenvalue weighted by Gasteiger charge is 2.30. The molecule has 1 fully saturated rings. The van der Waals surface area contributed by atoms with Gasteiger partial charge in [0, 0.05) is 6.42 Å². The van der Waals surface area contributed by atoms with Crippen LogP contribution in [0.25, 0.3) is 0 Å². The first-order chi connectivity index (χ1) is 5.52. The van der Waals surface area contributed by atoms with Gasteiger partial charge in [-0.1, -0.05) is 26.7 Å². The quantitative estimate of drug-likeness (QED) is 0.619. The second-order valence-electron chi connectivity index (χ2n) is 4.87. The molecule has 0 bridgehead atoms. The van der Waals surface area contributed by atoms with Crippen LogP contribution in [0.4, 0.5) is 0 Å². The molecule has 0 saturated heterocycles. The molecule has 0 amide bonds. The third kappa shape index (κ3) is 2.62. The van der Waals surface area contributed by atoms with E-state index in [1.165, 1.54) is 25.7 Å². The highest BCUT2D eigenvalue weighted by Crippen LogP contribution is 2.40. The Hall–Kier alpha value is -0.330. The lowest BCUT2D eigenvalue weighted by Crippen LogP contribution is -2.25. The monoisotopic (exact) mass is 168 g/mol. The van der Waals surface area contributed by atoms with Crippen molar-refractivity contribution < 1.29 is 4.79 Å². The molecule has 0 aromatic rings. The van der Waals surface area contributed by atoms with Gasteiger partial charge >= 0.3 is 0 Å². The minimum absolute atomic E-state index is 0.332. The maximum atomic E-state index is 11.0. The molecule has 0 radical (unpaired) electrons. The molecule has 1 aliphatic carbocycles. The number of Topliss-reactive ketones (excluding diaryl/α,β-unsaturated/α-hetero) is 1. The summed E-state index contributed by atoms with van der Waals surface area (Å²) in [5.74, 6) is 1.23. The van der Waals surface area contributed by atoms with Gasteiger partial charge in [-0.2, -0.15) is 0 Å². The molecule has 1 heteroatoms. The molecule has 1 rings (SSSR count). The summed E-state index contributed by atoms with van der Waals surface area (Å²) in [6.45, 7) is 6.29. The van der Waals surface area contributed by atoms with Gasteiger partial charge in [-0.25, -0.2) is 0 Å². The average Bonchev–Trinajstić information content (AvgIpc) is 1.94. The lowest BCUT2D eigenvalue weighted by atomic mass is 9.70. The van der Waals surface area contributed by atoms with Gasteiger partial charge in [-0.05, 0) is 31.1 Å². The van der Waals surface area contributed by atoms with E-state index < -0.39 is 0 Å². The standard InChI is InChI=1S/C11H20O/c1-9-4-6-11(3,7-5-9)8-10(2)12/h9H,4-8H2,1-3H3. The number of hydrogen-bond acceptors (Lipinski definition) is 1. The minimum Gasteiger partial charge on any atom is -0.300 e. The highest BCUT2D eigenvalue weighted by molar-refractivity contribution is 5.76. The fourth-order valence-corrected chi connectivity index (χ4v) is 2.24. The van der Waals surface area contributed by atoms with E-state index in [1.807, 2.05) is 0 Å². The highest BCUT2D eigenvalue weighted by atomic mass is 16.1. The summed E-state index contributed by atoms with van der Waals surface area (Å²) in [4.78, 5) is 11.0. The smallest absolute Gasteiger partial charge is 0.130 e. The predicted molar refractivity (Wildman–Crippen MR) is 51.0 cm³/mol. The van der Waals surface area contributed by atoms with Crippen molar-refractivity contribution in [1.29, 1.82) is 0 Å². The predicted octanol–water partition coefficient (Wildman–Crippen LogP) is 3.18. The molecular weight excluding hydrogens is 148 g/mol. The molecule has 70 valence electrons. The van der Waals surface area contributed by atoms with Crippen molar-refractivity contribution in [3.8, 4) is 0 Å². The van der Waals surface area contributed by atoms with Crippen molar-refractivity contribution in [1.82, 2.24) is 0 Å². The first-order valence-electron chi connectivity index (χ1n) is 5.01. The second-order valence-corrected chi connectivity index (χ2v) is 4.87. The lowest BCUT2D eigenvalue weighted by molar-refractivity contribution is -0.119. The molecule has 0 unspecified atom stereocenters. The molecule has 1 nitrogen and oxygen atoms in total. The maximum Gasteiger partial charge on any atom is 0.130 e. The summed E-state index contributed by atoms with van der Waals surface area (Å²) in [7, 11) is 0. The molecule has 0 spiro atoms. The summed E-state index contributed by atoms with van der Waals surface area (Å²) in [5.41, 5.74) is 0.332. The Balaban J connectivity index is 2.44. The number of carbonyl (C=O) groups excluding carboxylic acids is 1. The van der Waals surface area contributed by atoms with E-state index in [4.69, 9.17) is 0 Å². The Morgan fingerprint density at radius 1 is 1.42 bits per heavy atom. The minimum atomic E-state index is 0.332. The van der Waals surface area contributed by atoms with E-state index in [0.717, 1.165) is 12.3 Å². The first kappa shape index (κ1) is 9.76. The second kappa shape index (κ2) is 3.59. The summed E-state index contributed by atoms with van der Waals surface area (Å²) in [6, 6.07) is 0. The normalized spacial score (nSPS) is 36.4. The number of ketones is 1. The third-order valence-electron chi connectivity index (χ3n) is 3.16. The van der Waals surface area contributed by atoms with E-state index >= 15 is 0 Å². The van der Waals surface area contributed by atoms with Crippen LogP contribution in [0.15, 0.2) is 0 Å². The Kier molecular flexibility index (Phi) is 2.92. The van der Waals surface area contributed by atoms with Crippen LogP contribution in [0, 0.1) is 11.3 Å². The topological polar surface area (TPSA) is 17.1 Å². The van der Waals surface area contributed by atoms with Crippen molar-refractivity contribution in [3.63, 3.8) is 0 Å². The van der Waals surface area contributed by atoms with E-state index in [1.54, 1.807) is 6.92 Å². The fraction of sp³-hybridized carbons (Fsp3) is 0.909. The first-order valence-corrected chi connectivity index (χ1v) is 5.01. The van der Waals surface area contributed by atoms with Crippen LogP contribution in [0.5, 0.6) is 0 Å². The fourth-order valence-electron chi connectivity index (χ4n) is 2.24. The summed E-state index contributed by atoms with van der Waals surface area (Å²) in [5, 5.41) is 0. The number of rotatable bonds is 2. The molecule has 1 aliphatic rings. The van der Waals surface area contributed by atoms with Gasteiger partial charge in [0.2, 0.25) is 0 Å². The summed E-state index contributed by atoms with van der Waals surface area (Å²) >= 11 is 0. The molecular formula is C11H20O. The maximum absolute atomic E-state index is 11.0. The zero-order valence-electron chi connectivity index (χ0n) is 8.52. The molecule has 12 heavy (non-hydrogen) atoms. The van der Waals surface area contributed by atoms with Crippen molar-refractivity contribution >= 4 is 5.78 Å². The van der Waals surface area contributed by atoms with Crippen LogP contribution >= 0.6 is 0 Å². The zero-order valence-corrected chi connectivity index (χ0v) is 8.52. The third-order valence-corrected chi connectivity index (χ3v) is 3.16. The Bertz CT molecular complexity index is 164. The summed E-state index contributed by atoms with van der Waals surface area (Å²) in [6.07, 6.45) is 5.90. The SMILES string of the molecule is CC(=O)CC1(C)CCC(C)CC1. The Labute approximate surface area is 75.5 Å². The van der Waals surface area contributed by atoms with Crippen molar-refractivity contribution in [2.24, 2.45) is 11.3 Å². The number of carbonyl (C=O) groups is 1. The van der Waals surface area contributed by atoms with Crippen molar-refractivity contribution in [2.45, 2.75) is 52.9 Å². The van der Waals surface area contributed by atoms with Crippen LogP contribution < -0.4 is 0 Å². The van der Waals surface area contributed by atoms with E-state index in [-0.39, 0.29) is 0 Å². The van der Waals surface area contributed by atoms with Crippen LogP contribution in [-0.2, 0) is 4.79 Å². The van der Waals surface area contributed by atoms with E-state index in [0.29, 0.717) is 11.2 Å². The van der Waals surface area contributed by atoms with Crippen LogP contribution in [0.1, 0.15) is 52.9 Å². The van der Waals surface area contributed by atoms with E-state index in [9.17, 15) is 4.79 Å². The van der Waals surface area contributed by atoms with Gasteiger partial charge in [0.1, 0.15) is 5.78 Å². The van der Waals surface area contributed by atoms with E-state index in [2.05, 4.69) is 13.8 Å². The average molecular weight is 168 g/mol. The van der Waals surface area contributed by atoms with Gasteiger partial charge < -0.3 is 4.79 Å². The molecule has 0 aliphatic heterocycles. The zero-order chi connectivity index (χ0) is 9.19. The molecule has 0 heterocycles. The molecule has 1 saturated carbocycles. The van der Waals surface area contributed by atoms with Crippen LogP contribution in [0.3, 0.4) is 0 Å². The van der Waals surface area contributed by atoms with Gasteiger partial charge in [0.25, 0.3) is 0 Å². The summed E-state index contributed by atoms with van der Waals surface area (Å²) < 4.78 is 0. The largest absolute Gasteiger partial charge is 0.300 e. The van der Waals surface area contributed by atoms with Crippen LogP contribution in [-0.4, -0.2) is 5.78 Å². The van der Waals surface area contributed by atoms with Crippen molar-refractivity contribution in [2.75, 3.05) is 0 Å². The lowest BCUT2D eigenvalue weighted by Gasteiger charge is -2.35. The Morgan fingerprint density at radius 2 is 1.92 bits per heavy atom. The molecule has 0 atom stereocenters.